The molecule has 0 aliphatic heterocycles. The van der Waals surface area contributed by atoms with Gasteiger partial charge in [-0.25, -0.2) is 0 Å². The van der Waals surface area contributed by atoms with E-state index in [-0.39, 0.29) is 12.2 Å². The van der Waals surface area contributed by atoms with Crippen LogP contribution in [-0.2, 0) is 11.2 Å². The topological polar surface area (TPSA) is 61.6 Å². The lowest BCUT2D eigenvalue weighted by Gasteiger charge is -2.12. The molecule has 0 atom stereocenters. The van der Waals surface area contributed by atoms with E-state index in [2.05, 4.69) is 20.9 Å². The summed E-state index contributed by atoms with van der Waals surface area (Å²) in [5.74, 6) is 1.13. The Balaban J connectivity index is 1.90. The van der Waals surface area contributed by atoms with Crippen LogP contribution in [0.2, 0.25) is 0 Å². The normalized spacial score (nSPS) is 11.0. The van der Waals surface area contributed by atoms with Crippen molar-refractivity contribution in [3.05, 3.63) is 92.3 Å². The van der Waals surface area contributed by atoms with Crippen LogP contribution in [0.1, 0.15) is 16.7 Å². The van der Waals surface area contributed by atoms with Crippen LogP contribution >= 0.6 is 15.9 Å². The second-order valence-corrected chi connectivity index (χ2v) is 7.92. The molecule has 0 radical (unpaired) electrons. The maximum Gasteiger partial charge on any atom is 0.196 e. The van der Waals surface area contributed by atoms with Gasteiger partial charge >= 0.3 is 0 Å². The summed E-state index contributed by atoms with van der Waals surface area (Å²) in [7, 11) is 1.56. The van der Waals surface area contributed by atoms with Gasteiger partial charge in [0.2, 0.25) is 0 Å². The van der Waals surface area contributed by atoms with Gasteiger partial charge in [0.25, 0.3) is 0 Å². The van der Waals surface area contributed by atoms with Crippen LogP contribution in [0.15, 0.2) is 74.6 Å². The van der Waals surface area contributed by atoms with Crippen LogP contribution in [0.3, 0.4) is 0 Å². The molecule has 0 N–H and O–H groups in total. The van der Waals surface area contributed by atoms with Crippen LogP contribution in [0, 0.1) is 6.92 Å². The largest absolute Gasteiger partial charge is 0.467 e. The molecule has 4 rings (SSSR count). The molecular formula is C24H20BrNO4. The average molecular weight is 466 g/mol. The number of rotatable bonds is 6. The lowest BCUT2D eigenvalue weighted by atomic mass is 9.98. The monoisotopic (exact) mass is 465 g/mol. The Kier molecular flexibility index (Phi) is 5.97. The minimum absolute atomic E-state index is 0.0647. The number of halogens is 1. The summed E-state index contributed by atoms with van der Waals surface area (Å²) in [5, 5.41) is 0.508. The third kappa shape index (κ3) is 4.30. The van der Waals surface area contributed by atoms with Crippen molar-refractivity contribution in [3.63, 3.8) is 0 Å². The second kappa shape index (κ2) is 8.81. The highest BCUT2D eigenvalue weighted by Gasteiger charge is 2.17. The van der Waals surface area contributed by atoms with Gasteiger partial charge in [-0.15, -0.1) is 0 Å². The molecule has 2 heterocycles. The number of hydrogen-bond donors (Lipinski definition) is 0. The Hall–Kier alpha value is -2.96. The first-order chi connectivity index (χ1) is 14.5. The molecule has 2 aromatic heterocycles. The molecule has 30 heavy (non-hydrogen) atoms. The molecule has 0 spiro atoms. The third-order valence-electron chi connectivity index (χ3n) is 4.76. The minimum atomic E-state index is -0.0647. The van der Waals surface area contributed by atoms with Crippen molar-refractivity contribution in [3.8, 4) is 17.1 Å². The van der Waals surface area contributed by atoms with Crippen molar-refractivity contribution in [1.29, 1.82) is 0 Å². The highest BCUT2D eigenvalue weighted by atomic mass is 79.9. The van der Waals surface area contributed by atoms with Crippen molar-refractivity contribution >= 4 is 26.9 Å². The molecule has 6 heteroatoms. The van der Waals surface area contributed by atoms with Crippen LogP contribution in [-0.4, -0.2) is 18.9 Å². The highest BCUT2D eigenvalue weighted by Crippen LogP contribution is 2.30. The predicted octanol–water partition coefficient (Wildman–Crippen LogP) is 5.50. The highest BCUT2D eigenvalue weighted by molar-refractivity contribution is 9.10. The van der Waals surface area contributed by atoms with Gasteiger partial charge in [-0.2, -0.15) is 0 Å². The number of hydrogen-bond acceptors (Lipinski definition) is 5. The van der Waals surface area contributed by atoms with Crippen LogP contribution in [0.25, 0.3) is 22.3 Å². The fraction of sp³-hybridized carbons (Fsp3) is 0.167. The third-order valence-corrected chi connectivity index (χ3v) is 5.19. The second-order valence-electron chi connectivity index (χ2n) is 7.00. The van der Waals surface area contributed by atoms with E-state index in [1.54, 1.807) is 37.7 Å². The number of ether oxygens (including phenoxy) is 2. The number of pyridine rings is 1. The summed E-state index contributed by atoms with van der Waals surface area (Å²) >= 11 is 3.45. The number of fused-ring (bicyclic) bond motifs is 1. The minimum Gasteiger partial charge on any atom is -0.467 e. The first kappa shape index (κ1) is 20.3. The van der Waals surface area contributed by atoms with E-state index >= 15 is 0 Å². The Bertz CT molecular complexity index is 1250. The van der Waals surface area contributed by atoms with Crippen LogP contribution < -0.4 is 10.2 Å². The zero-order chi connectivity index (χ0) is 21.1. The molecule has 0 saturated heterocycles. The van der Waals surface area contributed by atoms with Crippen molar-refractivity contribution < 1.29 is 13.9 Å². The van der Waals surface area contributed by atoms with E-state index in [0.29, 0.717) is 34.5 Å². The van der Waals surface area contributed by atoms with Gasteiger partial charge in [-0.3, -0.25) is 9.78 Å². The smallest absolute Gasteiger partial charge is 0.196 e. The number of nitrogens with zero attached hydrogens (tertiary/aromatic N) is 1. The molecule has 0 aliphatic carbocycles. The maximum atomic E-state index is 13.4. The molecule has 0 saturated carbocycles. The summed E-state index contributed by atoms with van der Waals surface area (Å²) in [5.41, 5.74) is 3.90. The Labute approximate surface area is 182 Å². The van der Waals surface area contributed by atoms with Crippen LogP contribution in [0.4, 0.5) is 0 Å². The summed E-state index contributed by atoms with van der Waals surface area (Å²) in [6.07, 6.45) is 3.89. The summed E-state index contributed by atoms with van der Waals surface area (Å²) < 4.78 is 17.6. The Morgan fingerprint density at radius 1 is 1.07 bits per heavy atom. The van der Waals surface area contributed by atoms with Gasteiger partial charge in [0.1, 0.15) is 17.1 Å². The quantitative estimate of drug-likeness (QED) is 0.351. The Morgan fingerprint density at radius 2 is 1.87 bits per heavy atom. The molecule has 0 amide bonds. The number of aryl methyl sites for hydroxylation is 1. The van der Waals surface area contributed by atoms with Gasteiger partial charge in [0, 0.05) is 47.6 Å². The number of benzene rings is 2. The van der Waals surface area contributed by atoms with E-state index in [1.807, 2.05) is 37.3 Å². The molecule has 2 aromatic carbocycles. The van der Waals surface area contributed by atoms with Gasteiger partial charge in [-0.1, -0.05) is 29.8 Å². The summed E-state index contributed by atoms with van der Waals surface area (Å²) in [4.78, 5) is 17.7. The summed E-state index contributed by atoms with van der Waals surface area (Å²) in [6.45, 7) is 2.14. The fourth-order valence-electron chi connectivity index (χ4n) is 3.28. The first-order valence-electron chi connectivity index (χ1n) is 9.43. The Morgan fingerprint density at radius 3 is 2.60 bits per heavy atom. The van der Waals surface area contributed by atoms with Gasteiger partial charge in [-0.05, 0) is 46.6 Å². The molecule has 0 aliphatic rings. The van der Waals surface area contributed by atoms with Crippen LogP contribution in [0.5, 0.6) is 5.75 Å². The number of aromatic nitrogens is 1. The predicted molar refractivity (Wildman–Crippen MR) is 120 cm³/mol. The van der Waals surface area contributed by atoms with E-state index in [4.69, 9.17) is 13.9 Å². The van der Waals surface area contributed by atoms with Gasteiger partial charge < -0.3 is 13.9 Å². The molecule has 4 aromatic rings. The molecule has 0 unspecified atom stereocenters. The number of methoxy groups -OCH3 is 1. The van der Waals surface area contributed by atoms with E-state index in [0.717, 1.165) is 21.2 Å². The molecule has 152 valence electrons. The van der Waals surface area contributed by atoms with E-state index in [1.165, 1.54) is 0 Å². The van der Waals surface area contributed by atoms with Gasteiger partial charge in [0.05, 0.1) is 5.39 Å². The molecule has 5 nitrogen and oxygen atoms in total. The zero-order valence-corrected chi connectivity index (χ0v) is 18.2. The van der Waals surface area contributed by atoms with Crippen molar-refractivity contribution in [1.82, 2.24) is 4.98 Å². The molecule has 0 fully saturated rings. The fourth-order valence-corrected chi connectivity index (χ4v) is 3.70. The van der Waals surface area contributed by atoms with E-state index < -0.39 is 0 Å². The molecular weight excluding hydrogens is 446 g/mol. The van der Waals surface area contributed by atoms with Crippen molar-refractivity contribution in [2.45, 2.75) is 13.3 Å². The zero-order valence-electron chi connectivity index (χ0n) is 16.6. The van der Waals surface area contributed by atoms with Crippen molar-refractivity contribution in [2.75, 3.05) is 13.9 Å². The summed E-state index contributed by atoms with van der Waals surface area (Å²) in [6, 6.07) is 15.1. The lowest BCUT2D eigenvalue weighted by Crippen LogP contribution is -2.12. The lowest BCUT2D eigenvalue weighted by molar-refractivity contribution is 0.0512. The van der Waals surface area contributed by atoms with E-state index in [9.17, 15) is 4.79 Å². The standard InChI is InChI=1S/C24H20BrNO4/c1-15-3-5-17(6-4-15)24-21(10-16-9-18(25)13-26-12-16)23(27)20-8-7-19(29-14-28-2)11-22(20)30-24/h3-9,11-13H,10,14H2,1-2H3. The van der Waals surface area contributed by atoms with Crippen molar-refractivity contribution in [2.24, 2.45) is 0 Å². The first-order valence-corrected chi connectivity index (χ1v) is 10.2. The molecule has 0 bridgehead atoms. The maximum absolute atomic E-state index is 13.4. The average Bonchev–Trinajstić information content (AvgIpc) is 2.74. The SMILES string of the molecule is COCOc1ccc2c(=O)c(Cc3cncc(Br)c3)c(-c3ccc(C)cc3)oc2c1. The van der Waals surface area contributed by atoms with Gasteiger partial charge in [0.15, 0.2) is 12.2 Å².